The van der Waals surface area contributed by atoms with Crippen LogP contribution in [0.2, 0.25) is 0 Å². The largest absolute Gasteiger partial charge is 0.462 e. The van der Waals surface area contributed by atoms with Crippen molar-refractivity contribution in [3.8, 4) is 0 Å². The molecule has 0 aromatic heterocycles. The number of ether oxygens (including phenoxy) is 3. The number of unbranched alkanes of at least 4 members (excludes halogenated alkanes) is 19. The fraction of sp³-hybridized carbons (Fsp3) is 0.672. The monoisotopic (exact) mass is 889 g/mol. The van der Waals surface area contributed by atoms with Gasteiger partial charge in [-0.3, -0.25) is 14.4 Å². The number of carbonyl (C=O) groups is 3. The molecule has 0 aliphatic carbocycles. The van der Waals surface area contributed by atoms with Crippen molar-refractivity contribution in [1.29, 1.82) is 0 Å². The molecule has 0 aromatic rings. The van der Waals surface area contributed by atoms with Gasteiger partial charge < -0.3 is 14.2 Å². The fourth-order valence-electron chi connectivity index (χ4n) is 6.89. The molecule has 0 heterocycles. The molecule has 0 radical (unpaired) electrons. The summed E-state index contributed by atoms with van der Waals surface area (Å²) in [5, 5.41) is 0. The number of allylic oxidation sites excluding steroid dienone is 16. The Balaban J connectivity index is 4.50. The SMILES string of the molecule is CC/C=C\C/C=C\C/C=C\C/C=C\CCCCC(=O)O[C@H](COC(=O)CCCCC/C=C\C/C=C\C/C=C\C/C=C\CCCCC)COC(=O)CCCCCCCCCCCCCC. The van der Waals surface area contributed by atoms with Gasteiger partial charge in [-0.2, -0.15) is 0 Å². The van der Waals surface area contributed by atoms with Gasteiger partial charge in [-0.1, -0.05) is 208 Å². The van der Waals surface area contributed by atoms with Crippen LogP contribution >= 0.6 is 0 Å². The third-order valence-corrected chi connectivity index (χ3v) is 10.8. The molecule has 6 nitrogen and oxygen atoms in total. The molecule has 0 unspecified atom stereocenters. The summed E-state index contributed by atoms with van der Waals surface area (Å²) in [4.78, 5) is 38.0. The molecule has 6 heteroatoms. The zero-order valence-corrected chi connectivity index (χ0v) is 41.5. The number of rotatable bonds is 46. The maximum atomic E-state index is 12.8. The topological polar surface area (TPSA) is 78.9 Å². The van der Waals surface area contributed by atoms with Crippen molar-refractivity contribution in [3.05, 3.63) is 97.2 Å². The van der Waals surface area contributed by atoms with Crippen molar-refractivity contribution in [3.63, 3.8) is 0 Å². The van der Waals surface area contributed by atoms with Gasteiger partial charge in [-0.25, -0.2) is 0 Å². The van der Waals surface area contributed by atoms with E-state index in [-0.39, 0.29) is 37.5 Å². The third kappa shape index (κ3) is 49.3. The van der Waals surface area contributed by atoms with Gasteiger partial charge in [-0.15, -0.1) is 0 Å². The Morgan fingerprint density at radius 1 is 0.328 bits per heavy atom. The van der Waals surface area contributed by atoms with E-state index in [9.17, 15) is 14.4 Å². The molecular formula is C58H96O6. The fourth-order valence-corrected chi connectivity index (χ4v) is 6.89. The lowest BCUT2D eigenvalue weighted by Crippen LogP contribution is -2.30. The Hall–Kier alpha value is -3.67. The van der Waals surface area contributed by atoms with Crippen LogP contribution in [0.15, 0.2) is 97.2 Å². The molecule has 0 aliphatic heterocycles. The summed E-state index contributed by atoms with van der Waals surface area (Å²) in [6, 6.07) is 0. The Labute approximate surface area is 394 Å². The van der Waals surface area contributed by atoms with Crippen LogP contribution in [0.1, 0.15) is 233 Å². The van der Waals surface area contributed by atoms with Crippen molar-refractivity contribution in [1.82, 2.24) is 0 Å². The van der Waals surface area contributed by atoms with Crippen LogP contribution in [0.3, 0.4) is 0 Å². The molecule has 0 spiro atoms. The van der Waals surface area contributed by atoms with Gasteiger partial charge in [0.2, 0.25) is 0 Å². The van der Waals surface area contributed by atoms with Gasteiger partial charge >= 0.3 is 17.9 Å². The van der Waals surface area contributed by atoms with E-state index in [0.717, 1.165) is 103 Å². The lowest BCUT2D eigenvalue weighted by atomic mass is 10.0. The van der Waals surface area contributed by atoms with Crippen LogP contribution < -0.4 is 0 Å². The highest BCUT2D eigenvalue weighted by Gasteiger charge is 2.19. The molecule has 0 fully saturated rings. The van der Waals surface area contributed by atoms with Gasteiger partial charge in [0.1, 0.15) is 13.2 Å². The molecule has 0 amide bonds. The number of hydrogen-bond donors (Lipinski definition) is 0. The van der Waals surface area contributed by atoms with Crippen molar-refractivity contribution >= 4 is 17.9 Å². The minimum atomic E-state index is -0.811. The lowest BCUT2D eigenvalue weighted by Gasteiger charge is -2.18. The number of carbonyl (C=O) groups excluding carboxylic acids is 3. The first-order valence-corrected chi connectivity index (χ1v) is 26.2. The van der Waals surface area contributed by atoms with Crippen molar-refractivity contribution < 1.29 is 28.6 Å². The predicted octanol–water partition coefficient (Wildman–Crippen LogP) is 17.4. The Bertz CT molecular complexity index is 1300. The first-order chi connectivity index (χ1) is 31.5. The van der Waals surface area contributed by atoms with E-state index in [1.54, 1.807) is 0 Å². The smallest absolute Gasteiger partial charge is 0.306 e. The summed E-state index contributed by atoms with van der Waals surface area (Å²) in [6.45, 7) is 6.42. The molecule has 0 bridgehead atoms. The maximum absolute atomic E-state index is 12.8. The highest BCUT2D eigenvalue weighted by Crippen LogP contribution is 2.14. The summed E-state index contributed by atoms with van der Waals surface area (Å²) in [5.74, 6) is -0.980. The van der Waals surface area contributed by atoms with E-state index in [1.165, 1.54) is 83.5 Å². The minimum absolute atomic E-state index is 0.104. The van der Waals surface area contributed by atoms with E-state index >= 15 is 0 Å². The molecular weight excluding hydrogens is 793 g/mol. The number of esters is 3. The van der Waals surface area contributed by atoms with Crippen LogP contribution in [0.5, 0.6) is 0 Å². The third-order valence-electron chi connectivity index (χ3n) is 10.8. The molecule has 0 aliphatic rings. The van der Waals surface area contributed by atoms with Crippen molar-refractivity contribution in [2.24, 2.45) is 0 Å². The van der Waals surface area contributed by atoms with E-state index in [1.807, 2.05) is 0 Å². The summed E-state index contributed by atoms with van der Waals surface area (Å²) >= 11 is 0. The van der Waals surface area contributed by atoms with Gasteiger partial charge in [0.25, 0.3) is 0 Å². The van der Waals surface area contributed by atoms with Crippen LogP contribution in [-0.4, -0.2) is 37.2 Å². The maximum Gasteiger partial charge on any atom is 0.306 e. The zero-order chi connectivity index (χ0) is 46.5. The quantitative estimate of drug-likeness (QED) is 0.0262. The Morgan fingerprint density at radius 2 is 0.609 bits per heavy atom. The second kappa shape index (κ2) is 52.0. The standard InChI is InChI=1S/C58H96O6/c1-4-7-10-13-16-19-22-25-27-28-29-30-32-33-36-39-42-45-48-51-57(60)63-54-55(53-62-56(59)50-47-44-41-38-35-24-21-18-15-12-9-6-3)64-58(61)52-49-46-43-40-37-34-31-26-23-20-17-14-11-8-5-2/h8,11,16-17,19-20,25-27,29-31,33,36-37,40,55H,4-7,9-10,12-15,18,21-24,28,32,34-35,38-39,41-54H2,1-3H3/b11-8-,19-16-,20-17-,27-25-,30-29-,31-26-,36-33-,40-37-/t55-/m0/s1. The highest BCUT2D eigenvalue weighted by molar-refractivity contribution is 5.71. The Kier molecular flexibility index (Phi) is 49.0. The van der Waals surface area contributed by atoms with Crippen LogP contribution in [0, 0.1) is 0 Å². The Morgan fingerprint density at radius 3 is 1.02 bits per heavy atom. The summed E-state index contributed by atoms with van der Waals surface area (Å²) < 4.78 is 16.7. The van der Waals surface area contributed by atoms with E-state index < -0.39 is 6.10 Å². The summed E-state index contributed by atoms with van der Waals surface area (Å²) in [5.41, 5.74) is 0. The molecule has 0 rings (SSSR count). The average Bonchev–Trinajstić information content (AvgIpc) is 3.29. The molecule has 0 aromatic carbocycles. The normalized spacial score (nSPS) is 12.9. The van der Waals surface area contributed by atoms with Crippen molar-refractivity contribution in [2.75, 3.05) is 13.2 Å². The lowest BCUT2D eigenvalue weighted by molar-refractivity contribution is -0.167. The molecule has 0 N–H and O–H groups in total. The molecule has 0 saturated heterocycles. The first-order valence-electron chi connectivity index (χ1n) is 26.2. The van der Waals surface area contributed by atoms with E-state index in [0.29, 0.717) is 19.3 Å². The average molecular weight is 889 g/mol. The summed E-state index contributed by atoms with van der Waals surface area (Å²) in [6.07, 6.45) is 68.2. The van der Waals surface area contributed by atoms with E-state index in [4.69, 9.17) is 14.2 Å². The zero-order valence-electron chi connectivity index (χ0n) is 41.5. The van der Waals surface area contributed by atoms with Gasteiger partial charge in [0.05, 0.1) is 0 Å². The van der Waals surface area contributed by atoms with Gasteiger partial charge in [-0.05, 0) is 103 Å². The predicted molar refractivity (Wildman–Crippen MR) is 274 cm³/mol. The van der Waals surface area contributed by atoms with Gasteiger partial charge in [0, 0.05) is 19.3 Å². The second-order valence-electron chi connectivity index (χ2n) is 17.1. The van der Waals surface area contributed by atoms with Crippen LogP contribution in [0.25, 0.3) is 0 Å². The molecule has 364 valence electrons. The van der Waals surface area contributed by atoms with Crippen LogP contribution in [-0.2, 0) is 28.6 Å². The molecule has 1 atom stereocenters. The molecule has 64 heavy (non-hydrogen) atoms. The first kappa shape index (κ1) is 60.3. The van der Waals surface area contributed by atoms with Crippen molar-refractivity contribution in [2.45, 2.75) is 239 Å². The van der Waals surface area contributed by atoms with Gasteiger partial charge in [0.15, 0.2) is 6.10 Å². The van der Waals surface area contributed by atoms with Crippen LogP contribution in [0.4, 0.5) is 0 Å². The summed E-state index contributed by atoms with van der Waals surface area (Å²) in [7, 11) is 0. The number of hydrogen-bond acceptors (Lipinski definition) is 6. The minimum Gasteiger partial charge on any atom is -0.462 e. The highest BCUT2D eigenvalue weighted by atomic mass is 16.6. The second-order valence-corrected chi connectivity index (χ2v) is 17.1. The molecule has 0 saturated carbocycles. The van der Waals surface area contributed by atoms with E-state index in [2.05, 4.69) is 118 Å².